The predicted molar refractivity (Wildman–Crippen MR) is 83.5 cm³/mol. The van der Waals surface area contributed by atoms with Gasteiger partial charge in [0, 0.05) is 27.7 Å². The molecular weight excluding hydrogens is 361 g/mol. The van der Waals surface area contributed by atoms with Gasteiger partial charge in [0.25, 0.3) is 0 Å². The van der Waals surface area contributed by atoms with E-state index in [1.165, 1.54) is 11.2 Å². The van der Waals surface area contributed by atoms with Gasteiger partial charge in [0.2, 0.25) is 5.91 Å². The van der Waals surface area contributed by atoms with Crippen LogP contribution in [0.4, 0.5) is 0 Å². The van der Waals surface area contributed by atoms with E-state index >= 15 is 0 Å². The van der Waals surface area contributed by atoms with E-state index in [1.807, 2.05) is 0 Å². The van der Waals surface area contributed by atoms with Gasteiger partial charge in [-0.3, -0.25) is 14.5 Å². The summed E-state index contributed by atoms with van der Waals surface area (Å²) in [6.45, 7) is 1.55. The monoisotopic (exact) mass is 381 g/mol. The molecule has 1 amide bonds. The number of likely N-dealkylation sites (N-methyl/N-ethyl adjacent to an activating group) is 1. The minimum Gasteiger partial charge on any atom is -0.355 e. The van der Waals surface area contributed by atoms with Crippen molar-refractivity contribution in [3.63, 3.8) is 0 Å². The summed E-state index contributed by atoms with van der Waals surface area (Å²) in [5.74, 6) is 0.583. The van der Waals surface area contributed by atoms with E-state index in [1.54, 1.807) is 32.2 Å². The van der Waals surface area contributed by atoms with Crippen LogP contribution in [-0.2, 0) is 11.3 Å². The molecule has 108 valence electrons. The summed E-state index contributed by atoms with van der Waals surface area (Å²) in [5, 5.41) is 10.00. The van der Waals surface area contributed by atoms with Gasteiger partial charge >= 0.3 is 0 Å². The number of carbonyl (C=O) groups excluding carboxylic acids is 1. The third kappa shape index (κ3) is 6.94. The fourth-order valence-electron chi connectivity index (χ4n) is 1.18. The van der Waals surface area contributed by atoms with Gasteiger partial charge in [-0.2, -0.15) is 5.10 Å². The van der Waals surface area contributed by atoms with Gasteiger partial charge in [0.15, 0.2) is 5.96 Å². The van der Waals surface area contributed by atoms with Gasteiger partial charge in [0.05, 0.1) is 13.1 Å². The summed E-state index contributed by atoms with van der Waals surface area (Å²) in [6, 6.07) is 0. The lowest BCUT2D eigenvalue weighted by Crippen LogP contribution is -2.43. The largest absolute Gasteiger partial charge is 0.355 e. The molecule has 0 bridgehead atoms. The van der Waals surface area contributed by atoms with Crippen molar-refractivity contribution in [3.8, 4) is 0 Å². The molecule has 1 aromatic heterocycles. The summed E-state index contributed by atoms with van der Waals surface area (Å²) in [6.07, 6.45) is 3.14. The van der Waals surface area contributed by atoms with Crippen LogP contribution in [0.15, 0.2) is 17.6 Å². The number of hydrogen-bond acceptors (Lipinski definition) is 4. The maximum atomic E-state index is 11.4. The van der Waals surface area contributed by atoms with Crippen molar-refractivity contribution in [2.45, 2.75) is 6.54 Å². The first-order valence-electron chi connectivity index (χ1n) is 5.60. The molecule has 19 heavy (non-hydrogen) atoms. The van der Waals surface area contributed by atoms with E-state index in [0.29, 0.717) is 19.0 Å². The van der Waals surface area contributed by atoms with Gasteiger partial charge in [-0.05, 0) is 0 Å². The standard InChI is InChI=1S/C10H19N7O.HI/c1-11-10(14-6-9(18)16(2)3)13-4-5-17-8-12-7-15-17;/h7-8H,4-6H2,1-3H3,(H2,11,13,14);1H. The molecule has 2 N–H and O–H groups in total. The summed E-state index contributed by atoms with van der Waals surface area (Å²) in [4.78, 5) is 20.8. The van der Waals surface area contributed by atoms with Crippen LogP contribution < -0.4 is 10.6 Å². The molecule has 0 unspecified atom stereocenters. The first kappa shape index (κ1) is 17.6. The Kier molecular flexibility index (Phi) is 8.83. The number of rotatable bonds is 5. The van der Waals surface area contributed by atoms with Crippen LogP contribution in [0.3, 0.4) is 0 Å². The van der Waals surface area contributed by atoms with Gasteiger partial charge in [-0.1, -0.05) is 0 Å². The highest BCUT2D eigenvalue weighted by molar-refractivity contribution is 14.0. The van der Waals surface area contributed by atoms with Crippen LogP contribution in [0.5, 0.6) is 0 Å². The molecule has 9 heteroatoms. The third-order valence-electron chi connectivity index (χ3n) is 2.23. The average molecular weight is 381 g/mol. The zero-order valence-corrected chi connectivity index (χ0v) is 13.7. The van der Waals surface area contributed by atoms with Crippen molar-refractivity contribution >= 4 is 35.8 Å². The summed E-state index contributed by atoms with van der Waals surface area (Å²) in [5.41, 5.74) is 0. The van der Waals surface area contributed by atoms with Gasteiger partial charge in [-0.15, -0.1) is 24.0 Å². The van der Waals surface area contributed by atoms with Crippen molar-refractivity contribution in [2.75, 3.05) is 34.2 Å². The molecule has 8 nitrogen and oxygen atoms in total. The van der Waals surface area contributed by atoms with E-state index < -0.39 is 0 Å². The van der Waals surface area contributed by atoms with Crippen LogP contribution >= 0.6 is 24.0 Å². The molecule has 0 aliphatic carbocycles. The van der Waals surface area contributed by atoms with E-state index in [2.05, 4.69) is 25.7 Å². The summed E-state index contributed by atoms with van der Waals surface area (Å²) < 4.78 is 1.71. The minimum absolute atomic E-state index is 0. The smallest absolute Gasteiger partial charge is 0.241 e. The molecule has 0 atom stereocenters. The van der Waals surface area contributed by atoms with Gasteiger partial charge < -0.3 is 15.5 Å². The SMILES string of the molecule is CN=C(NCCn1cncn1)NCC(=O)N(C)C.I. The highest BCUT2D eigenvalue weighted by atomic mass is 127. The Morgan fingerprint density at radius 2 is 2.16 bits per heavy atom. The van der Waals surface area contributed by atoms with Crippen LogP contribution in [0.2, 0.25) is 0 Å². The number of hydrogen-bond donors (Lipinski definition) is 2. The van der Waals surface area contributed by atoms with E-state index in [0.717, 1.165) is 0 Å². The molecule has 1 heterocycles. The number of aromatic nitrogens is 3. The van der Waals surface area contributed by atoms with Crippen LogP contribution in [-0.4, -0.2) is 65.8 Å². The lowest BCUT2D eigenvalue weighted by molar-refractivity contribution is -0.127. The zero-order chi connectivity index (χ0) is 13.4. The second kappa shape index (κ2) is 9.53. The number of aliphatic imine (C=N–C) groups is 1. The fourth-order valence-corrected chi connectivity index (χ4v) is 1.18. The van der Waals surface area contributed by atoms with E-state index in [9.17, 15) is 4.79 Å². The first-order chi connectivity index (χ1) is 8.63. The Morgan fingerprint density at radius 3 is 2.68 bits per heavy atom. The molecule has 0 aromatic carbocycles. The number of carbonyl (C=O) groups is 1. The van der Waals surface area contributed by atoms with E-state index in [-0.39, 0.29) is 36.4 Å². The van der Waals surface area contributed by atoms with Gasteiger partial charge in [0.1, 0.15) is 12.7 Å². The maximum Gasteiger partial charge on any atom is 0.241 e. The predicted octanol–water partition coefficient (Wildman–Crippen LogP) is -0.851. The average Bonchev–Trinajstić information content (AvgIpc) is 2.85. The Labute approximate surface area is 129 Å². The molecule has 0 aliphatic heterocycles. The number of nitrogens with one attached hydrogen (secondary N) is 2. The highest BCUT2D eigenvalue weighted by Gasteiger charge is 2.04. The van der Waals surface area contributed by atoms with Crippen molar-refractivity contribution in [2.24, 2.45) is 4.99 Å². The Bertz CT molecular complexity index is 391. The Balaban J connectivity index is 0.00000324. The number of nitrogens with zero attached hydrogens (tertiary/aromatic N) is 5. The molecule has 0 spiro atoms. The molecule has 0 saturated heterocycles. The number of guanidine groups is 1. The molecule has 0 saturated carbocycles. The van der Waals surface area contributed by atoms with Crippen molar-refractivity contribution in [1.29, 1.82) is 0 Å². The molecule has 1 rings (SSSR count). The lowest BCUT2D eigenvalue weighted by atomic mass is 10.5. The lowest BCUT2D eigenvalue weighted by Gasteiger charge is -2.14. The minimum atomic E-state index is -0.00535. The van der Waals surface area contributed by atoms with Crippen LogP contribution in [0.1, 0.15) is 0 Å². The van der Waals surface area contributed by atoms with Crippen molar-refractivity contribution < 1.29 is 4.79 Å². The van der Waals surface area contributed by atoms with E-state index in [4.69, 9.17) is 0 Å². The first-order valence-corrected chi connectivity index (χ1v) is 5.60. The van der Waals surface area contributed by atoms with Crippen molar-refractivity contribution in [3.05, 3.63) is 12.7 Å². The second-order valence-electron chi connectivity index (χ2n) is 3.80. The topological polar surface area (TPSA) is 87.4 Å². The second-order valence-corrected chi connectivity index (χ2v) is 3.80. The quantitative estimate of drug-likeness (QED) is 0.394. The summed E-state index contributed by atoms with van der Waals surface area (Å²) >= 11 is 0. The Hall–Kier alpha value is -1.39. The van der Waals surface area contributed by atoms with Gasteiger partial charge in [-0.25, -0.2) is 4.98 Å². The fraction of sp³-hybridized carbons (Fsp3) is 0.600. The Morgan fingerprint density at radius 1 is 1.42 bits per heavy atom. The number of amides is 1. The summed E-state index contributed by atoms with van der Waals surface area (Å²) in [7, 11) is 5.08. The molecule has 0 fully saturated rings. The highest BCUT2D eigenvalue weighted by Crippen LogP contribution is 1.79. The molecule has 0 radical (unpaired) electrons. The molecule has 0 aliphatic rings. The molecule has 1 aromatic rings. The zero-order valence-electron chi connectivity index (χ0n) is 11.3. The normalized spacial score (nSPS) is 10.6. The maximum absolute atomic E-state index is 11.4. The van der Waals surface area contributed by atoms with Crippen LogP contribution in [0, 0.1) is 0 Å². The van der Waals surface area contributed by atoms with Crippen LogP contribution in [0.25, 0.3) is 0 Å². The third-order valence-corrected chi connectivity index (χ3v) is 2.23. The van der Waals surface area contributed by atoms with Crippen molar-refractivity contribution in [1.82, 2.24) is 30.3 Å². The number of halogens is 1. The molecular formula is C10H20IN7O.